The smallest absolute Gasteiger partial charge is 0.407 e. The molecule has 0 aromatic carbocycles. The van der Waals surface area contributed by atoms with Crippen LogP contribution in [-0.4, -0.2) is 69.4 Å². The van der Waals surface area contributed by atoms with Gasteiger partial charge in [0, 0.05) is 32.7 Å². The van der Waals surface area contributed by atoms with Gasteiger partial charge in [-0.1, -0.05) is 19.3 Å². The Kier molecular flexibility index (Phi) is 13.0. The van der Waals surface area contributed by atoms with Gasteiger partial charge in [0.2, 0.25) is 0 Å². The topological polar surface area (TPSA) is 78.0 Å². The molecule has 0 aromatic heterocycles. The summed E-state index contributed by atoms with van der Waals surface area (Å²) < 4.78 is 5.21. The minimum Gasteiger partial charge on any atom is -0.444 e. The van der Waals surface area contributed by atoms with Crippen LogP contribution in [0.4, 0.5) is 4.79 Å². The van der Waals surface area contributed by atoms with Crippen molar-refractivity contribution in [2.75, 3.05) is 40.8 Å². The fourth-order valence-corrected chi connectivity index (χ4v) is 3.37. The fourth-order valence-electron chi connectivity index (χ4n) is 3.37. The van der Waals surface area contributed by atoms with Crippen LogP contribution in [0.1, 0.15) is 52.9 Å². The third-order valence-electron chi connectivity index (χ3n) is 4.65. The number of hydrogen-bond acceptors (Lipinski definition) is 4. The molecule has 0 bridgehead atoms. The van der Waals surface area contributed by atoms with Crippen LogP contribution in [0.15, 0.2) is 4.99 Å². The van der Waals surface area contributed by atoms with E-state index in [0.29, 0.717) is 19.1 Å². The number of carbonyl (C=O) groups is 1. The van der Waals surface area contributed by atoms with E-state index < -0.39 is 11.7 Å². The monoisotopic (exact) mass is 497 g/mol. The number of nitrogens with one attached hydrogen (secondary N) is 3. The van der Waals surface area contributed by atoms with E-state index >= 15 is 0 Å². The first kappa shape index (κ1) is 26.2. The van der Waals surface area contributed by atoms with Crippen molar-refractivity contribution in [1.82, 2.24) is 20.9 Å². The van der Waals surface area contributed by atoms with Crippen molar-refractivity contribution in [1.29, 1.82) is 0 Å². The number of alkyl carbamates (subject to hydrolysis) is 1. The summed E-state index contributed by atoms with van der Waals surface area (Å²) in [5, 5.41) is 9.40. The van der Waals surface area contributed by atoms with E-state index in [9.17, 15) is 4.79 Å². The van der Waals surface area contributed by atoms with Crippen molar-refractivity contribution < 1.29 is 9.53 Å². The lowest BCUT2D eigenvalue weighted by Gasteiger charge is -2.35. The number of nitrogens with zero attached hydrogens (tertiary/aromatic N) is 2. The summed E-state index contributed by atoms with van der Waals surface area (Å²) in [6.45, 7) is 7.50. The van der Waals surface area contributed by atoms with Gasteiger partial charge in [-0.15, -0.1) is 24.0 Å². The van der Waals surface area contributed by atoms with Crippen molar-refractivity contribution in [3.05, 3.63) is 0 Å². The number of ether oxygens (including phenoxy) is 1. The first-order valence-corrected chi connectivity index (χ1v) is 9.80. The van der Waals surface area contributed by atoms with E-state index in [1.54, 1.807) is 7.05 Å². The van der Waals surface area contributed by atoms with Crippen LogP contribution in [0.25, 0.3) is 0 Å². The second kappa shape index (κ2) is 13.4. The summed E-state index contributed by atoms with van der Waals surface area (Å²) in [5.41, 5.74) is -0.477. The summed E-state index contributed by atoms with van der Waals surface area (Å²) in [6, 6.07) is 0.508. The number of rotatable bonds is 7. The summed E-state index contributed by atoms with van der Waals surface area (Å²) >= 11 is 0. The normalized spacial score (nSPS) is 17.1. The van der Waals surface area contributed by atoms with Crippen LogP contribution in [0.2, 0.25) is 0 Å². The molecule has 8 heteroatoms. The molecular weight excluding hydrogens is 457 g/mol. The van der Waals surface area contributed by atoms with Crippen molar-refractivity contribution in [3.8, 4) is 0 Å². The average Bonchev–Trinajstić information content (AvgIpc) is 2.56. The Morgan fingerprint density at radius 1 is 1.11 bits per heavy atom. The predicted octanol–water partition coefficient (Wildman–Crippen LogP) is 2.80. The zero-order valence-corrected chi connectivity index (χ0v) is 20.3. The molecule has 0 spiro atoms. The number of hydrogen-bond donors (Lipinski definition) is 3. The maximum absolute atomic E-state index is 11.6. The molecule has 160 valence electrons. The molecule has 1 aliphatic carbocycles. The number of carbonyl (C=O) groups excluding carboxylic acids is 1. The van der Waals surface area contributed by atoms with Crippen LogP contribution >= 0.6 is 24.0 Å². The molecule has 1 amide bonds. The quantitative estimate of drug-likeness (QED) is 0.218. The zero-order chi connectivity index (χ0) is 19.6. The summed E-state index contributed by atoms with van der Waals surface area (Å²) in [5.74, 6) is 1.51. The Bertz CT molecular complexity index is 446. The molecule has 0 radical (unpaired) electrons. The molecule has 1 fully saturated rings. The number of amides is 1. The van der Waals surface area contributed by atoms with Gasteiger partial charge in [-0.25, -0.2) is 4.79 Å². The van der Waals surface area contributed by atoms with E-state index in [4.69, 9.17) is 4.74 Å². The van der Waals surface area contributed by atoms with Gasteiger partial charge in [0.1, 0.15) is 5.60 Å². The third kappa shape index (κ3) is 11.6. The number of halogens is 1. The molecule has 1 atom stereocenters. The Balaban J connectivity index is 0.00000676. The first-order chi connectivity index (χ1) is 12.2. The van der Waals surface area contributed by atoms with Crippen LogP contribution in [-0.2, 0) is 4.74 Å². The highest BCUT2D eigenvalue weighted by Gasteiger charge is 2.25. The molecule has 0 saturated heterocycles. The molecule has 1 rings (SSSR count). The van der Waals surface area contributed by atoms with Gasteiger partial charge < -0.3 is 25.6 Å². The molecule has 0 heterocycles. The predicted molar refractivity (Wildman–Crippen MR) is 123 cm³/mol. The first-order valence-electron chi connectivity index (χ1n) is 9.80. The number of likely N-dealkylation sites (N-methyl/N-ethyl adjacent to an activating group) is 1. The highest BCUT2D eigenvalue weighted by molar-refractivity contribution is 14.0. The lowest BCUT2D eigenvalue weighted by Crippen LogP contribution is -2.49. The lowest BCUT2D eigenvalue weighted by molar-refractivity contribution is 0.0529. The Hall–Kier alpha value is -0.770. The third-order valence-corrected chi connectivity index (χ3v) is 4.65. The molecule has 0 aromatic rings. The van der Waals surface area contributed by atoms with Crippen molar-refractivity contribution in [2.45, 2.75) is 64.5 Å². The second-order valence-electron chi connectivity index (χ2n) is 8.24. The maximum atomic E-state index is 11.6. The fraction of sp³-hybridized carbons (Fsp3) is 0.895. The molecule has 1 unspecified atom stereocenters. The molecule has 3 N–H and O–H groups in total. The molecular formula is C19H40IN5O2. The van der Waals surface area contributed by atoms with Crippen LogP contribution in [0.3, 0.4) is 0 Å². The Morgan fingerprint density at radius 2 is 1.70 bits per heavy atom. The SMILES string of the molecule is CN=C(NCCNC(=O)OC(C)(C)C)NCC(C1CCCCC1)N(C)C.I. The molecule has 7 nitrogen and oxygen atoms in total. The summed E-state index contributed by atoms with van der Waals surface area (Å²) in [7, 11) is 6.08. The van der Waals surface area contributed by atoms with E-state index in [1.165, 1.54) is 32.1 Å². The Labute approximate surface area is 182 Å². The second-order valence-corrected chi connectivity index (χ2v) is 8.24. The van der Waals surface area contributed by atoms with Crippen LogP contribution in [0, 0.1) is 5.92 Å². The van der Waals surface area contributed by atoms with Crippen molar-refractivity contribution in [3.63, 3.8) is 0 Å². The zero-order valence-electron chi connectivity index (χ0n) is 17.9. The molecule has 1 aliphatic rings. The summed E-state index contributed by atoms with van der Waals surface area (Å²) in [4.78, 5) is 18.2. The van der Waals surface area contributed by atoms with Crippen LogP contribution in [0.5, 0.6) is 0 Å². The molecule has 1 saturated carbocycles. The van der Waals surface area contributed by atoms with Crippen molar-refractivity contribution in [2.24, 2.45) is 10.9 Å². The number of aliphatic imine (C=N–C) groups is 1. The van der Waals surface area contributed by atoms with Gasteiger partial charge in [-0.2, -0.15) is 0 Å². The van der Waals surface area contributed by atoms with Crippen LogP contribution < -0.4 is 16.0 Å². The van der Waals surface area contributed by atoms with Crippen molar-refractivity contribution >= 4 is 36.0 Å². The molecule has 0 aliphatic heterocycles. The van der Waals surface area contributed by atoms with E-state index in [1.807, 2.05) is 20.8 Å². The Morgan fingerprint density at radius 3 is 2.22 bits per heavy atom. The standard InChI is InChI=1S/C19H39N5O2.HI/c1-19(2,3)26-18(25)22-13-12-21-17(20-4)23-14-16(24(5)6)15-10-8-7-9-11-15;/h15-16H,7-14H2,1-6H3,(H,22,25)(H2,20,21,23);1H. The summed E-state index contributed by atoms with van der Waals surface area (Å²) in [6.07, 6.45) is 6.30. The van der Waals surface area contributed by atoms with E-state index in [2.05, 4.69) is 39.9 Å². The van der Waals surface area contributed by atoms with Gasteiger partial charge in [0.05, 0.1) is 0 Å². The lowest BCUT2D eigenvalue weighted by atomic mass is 9.83. The maximum Gasteiger partial charge on any atom is 0.407 e. The van der Waals surface area contributed by atoms with E-state index in [0.717, 1.165) is 18.4 Å². The largest absolute Gasteiger partial charge is 0.444 e. The van der Waals surface area contributed by atoms with Gasteiger partial charge in [0.25, 0.3) is 0 Å². The van der Waals surface area contributed by atoms with Gasteiger partial charge in [-0.05, 0) is 53.6 Å². The van der Waals surface area contributed by atoms with Gasteiger partial charge in [-0.3, -0.25) is 4.99 Å². The highest BCUT2D eigenvalue weighted by atomic mass is 127. The molecule has 27 heavy (non-hydrogen) atoms. The minimum atomic E-state index is -0.477. The average molecular weight is 497 g/mol. The van der Waals surface area contributed by atoms with Gasteiger partial charge in [0.15, 0.2) is 5.96 Å². The minimum absolute atomic E-state index is 0. The van der Waals surface area contributed by atoms with E-state index in [-0.39, 0.29) is 24.0 Å². The number of guanidine groups is 1. The van der Waals surface area contributed by atoms with Gasteiger partial charge >= 0.3 is 6.09 Å². The highest BCUT2D eigenvalue weighted by Crippen LogP contribution is 2.27.